The zero-order chi connectivity index (χ0) is 34.2. The largest absolute Gasteiger partial charge is 0.208 e. The number of nitrogens with zero attached hydrogens (tertiary/aromatic N) is 3. The van der Waals surface area contributed by atoms with Gasteiger partial charge in [0.05, 0.1) is 5.41 Å². The lowest BCUT2D eigenvalue weighted by Gasteiger charge is -2.39. The Morgan fingerprint density at radius 1 is 0.346 bits per heavy atom. The van der Waals surface area contributed by atoms with Crippen molar-refractivity contribution in [1.82, 2.24) is 15.0 Å². The third-order valence-corrected chi connectivity index (χ3v) is 11.9. The first kappa shape index (κ1) is 29.4. The number of hydrogen-bond donors (Lipinski definition) is 0. The van der Waals surface area contributed by atoms with Crippen LogP contribution in [0.2, 0.25) is 0 Å². The lowest BCUT2D eigenvalue weighted by molar-refractivity contribution is 0.722. The summed E-state index contributed by atoms with van der Waals surface area (Å²) in [6, 6.07) is 63.2. The van der Waals surface area contributed by atoms with Crippen molar-refractivity contribution in [2.24, 2.45) is 0 Å². The summed E-state index contributed by atoms with van der Waals surface area (Å²) in [6.45, 7) is 0. The van der Waals surface area contributed by atoms with Gasteiger partial charge in [-0.25, -0.2) is 15.0 Å². The van der Waals surface area contributed by atoms with Crippen LogP contribution in [0.1, 0.15) is 22.3 Å². The zero-order valence-corrected chi connectivity index (χ0v) is 28.8. The molecule has 8 aromatic carbocycles. The van der Waals surface area contributed by atoms with Crippen LogP contribution in [0.15, 0.2) is 186 Å². The average Bonchev–Trinajstić information content (AvgIpc) is 3.51. The Labute approximate surface area is 305 Å². The van der Waals surface area contributed by atoms with E-state index in [1.54, 1.807) is 0 Å². The number of aromatic nitrogens is 3. The first-order chi connectivity index (χ1) is 25.8. The van der Waals surface area contributed by atoms with E-state index in [0.29, 0.717) is 17.5 Å². The Bertz CT molecular complexity index is 2850. The minimum Gasteiger partial charge on any atom is -0.208 e. The van der Waals surface area contributed by atoms with Crippen LogP contribution in [0.25, 0.3) is 66.8 Å². The summed E-state index contributed by atoms with van der Waals surface area (Å²) in [5.41, 5.74) is 10.3. The number of rotatable bonds is 3. The predicted octanol–water partition coefficient (Wildman–Crippen LogP) is 12.0. The second-order valence-electron chi connectivity index (χ2n) is 13.5. The standard InChI is InChI=1S/C48H29N3S/c1-2-13-31(14-3-1)45-49-46(33-24-26-36-32(28-33)23-22-30-12-4-5-15-35(30)36)51-47(50-45)34-25-27-42-44(29-34)52-43-21-11-10-20-41(43)48(42)39-18-8-6-16-37(39)38-17-7-9-19-40(38)48/h1-29H. The van der Waals surface area contributed by atoms with Crippen LogP contribution in [0.5, 0.6) is 0 Å². The molecule has 0 unspecified atom stereocenters. The molecule has 0 N–H and O–H groups in total. The van der Waals surface area contributed by atoms with Crippen molar-refractivity contribution in [2.45, 2.75) is 15.2 Å². The fourth-order valence-electron chi connectivity index (χ4n) is 8.50. The molecule has 0 atom stereocenters. The first-order valence-electron chi connectivity index (χ1n) is 17.6. The summed E-state index contributed by atoms with van der Waals surface area (Å²) in [4.78, 5) is 17.9. The zero-order valence-electron chi connectivity index (χ0n) is 28.0. The molecule has 0 fully saturated rings. The summed E-state index contributed by atoms with van der Waals surface area (Å²) in [7, 11) is 0. The molecule has 0 bridgehead atoms. The van der Waals surface area contributed by atoms with Crippen molar-refractivity contribution in [1.29, 1.82) is 0 Å². The van der Waals surface area contributed by atoms with Crippen molar-refractivity contribution in [2.75, 3.05) is 0 Å². The highest BCUT2D eigenvalue weighted by Gasteiger charge is 2.50. The van der Waals surface area contributed by atoms with E-state index in [2.05, 4.69) is 158 Å². The maximum Gasteiger partial charge on any atom is 0.164 e. The lowest BCUT2D eigenvalue weighted by Crippen LogP contribution is -2.31. The highest BCUT2D eigenvalue weighted by Crippen LogP contribution is 2.62. The number of fused-ring (bicyclic) bond motifs is 12. The fourth-order valence-corrected chi connectivity index (χ4v) is 9.73. The van der Waals surface area contributed by atoms with Gasteiger partial charge in [-0.2, -0.15) is 0 Å². The van der Waals surface area contributed by atoms with Crippen LogP contribution in [-0.4, -0.2) is 15.0 Å². The van der Waals surface area contributed by atoms with Crippen LogP contribution in [0.3, 0.4) is 0 Å². The van der Waals surface area contributed by atoms with Crippen LogP contribution < -0.4 is 0 Å². The van der Waals surface area contributed by atoms with Crippen LogP contribution in [0.4, 0.5) is 0 Å². The smallest absolute Gasteiger partial charge is 0.164 e. The summed E-state index contributed by atoms with van der Waals surface area (Å²) in [6.07, 6.45) is 0. The third-order valence-electron chi connectivity index (χ3n) is 10.8. The minimum absolute atomic E-state index is 0.419. The van der Waals surface area contributed by atoms with E-state index >= 15 is 0 Å². The summed E-state index contributed by atoms with van der Waals surface area (Å²) >= 11 is 1.83. The molecule has 1 aliphatic carbocycles. The Hall–Kier alpha value is -6.36. The van der Waals surface area contributed by atoms with Gasteiger partial charge in [0.15, 0.2) is 17.5 Å². The quantitative estimate of drug-likeness (QED) is 0.174. The van der Waals surface area contributed by atoms with Gasteiger partial charge in [0.2, 0.25) is 0 Å². The van der Waals surface area contributed by atoms with E-state index in [-0.39, 0.29) is 0 Å². The monoisotopic (exact) mass is 679 g/mol. The van der Waals surface area contributed by atoms with E-state index in [4.69, 9.17) is 15.0 Å². The maximum absolute atomic E-state index is 5.19. The first-order valence-corrected chi connectivity index (χ1v) is 18.4. The van der Waals surface area contributed by atoms with E-state index in [1.807, 2.05) is 30.0 Å². The van der Waals surface area contributed by atoms with E-state index in [0.717, 1.165) is 22.1 Å². The molecule has 52 heavy (non-hydrogen) atoms. The van der Waals surface area contributed by atoms with Gasteiger partial charge in [-0.05, 0) is 73.1 Å². The molecule has 242 valence electrons. The molecule has 1 aliphatic heterocycles. The van der Waals surface area contributed by atoms with Crippen molar-refractivity contribution in [3.8, 4) is 45.3 Å². The third kappa shape index (κ3) is 4.25. The lowest BCUT2D eigenvalue weighted by atomic mass is 9.67. The van der Waals surface area contributed by atoms with Crippen molar-refractivity contribution < 1.29 is 0 Å². The van der Waals surface area contributed by atoms with Crippen molar-refractivity contribution >= 4 is 33.3 Å². The summed E-state index contributed by atoms with van der Waals surface area (Å²) in [5.74, 6) is 1.97. The molecular weight excluding hydrogens is 651 g/mol. The van der Waals surface area contributed by atoms with Gasteiger partial charge in [-0.15, -0.1) is 0 Å². The predicted molar refractivity (Wildman–Crippen MR) is 213 cm³/mol. The minimum atomic E-state index is -0.419. The molecule has 2 aliphatic rings. The molecule has 3 nitrogen and oxygen atoms in total. The molecule has 2 heterocycles. The van der Waals surface area contributed by atoms with E-state index in [1.165, 1.54) is 59.3 Å². The van der Waals surface area contributed by atoms with Crippen molar-refractivity contribution in [3.63, 3.8) is 0 Å². The Morgan fingerprint density at radius 2 is 0.885 bits per heavy atom. The highest BCUT2D eigenvalue weighted by atomic mass is 32.2. The molecule has 0 amide bonds. The second kappa shape index (κ2) is 11.3. The van der Waals surface area contributed by atoms with Gasteiger partial charge in [0.1, 0.15) is 0 Å². The van der Waals surface area contributed by atoms with E-state index in [9.17, 15) is 0 Å². The molecule has 0 radical (unpaired) electrons. The summed E-state index contributed by atoms with van der Waals surface area (Å²) < 4.78 is 0. The Kier molecular flexibility index (Phi) is 6.40. The SMILES string of the molecule is c1ccc(-c2nc(-c3ccc4c(c3)Sc3ccccc3C43c4ccccc4-c4ccccc43)nc(-c3ccc4c(ccc5ccccc54)c3)n2)cc1. The molecule has 4 heteroatoms. The fraction of sp³-hybridized carbons (Fsp3) is 0.0208. The van der Waals surface area contributed by atoms with Crippen LogP contribution in [0, 0.1) is 0 Å². The normalized spacial score (nSPS) is 13.5. The number of hydrogen-bond acceptors (Lipinski definition) is 4. The molecular formula is C48H29N3S. The number of benzene rings is 8. The molecule has 9 aromatic rings. The van der Waals surface area contributed by atoms with Gasteiger partial charge < -0.3 is 0 Å². The van der Waals surface area contributed by atoms with Gasteiger partial charge in [-0.3, -0.25) is 0 Å². The van der Waals surface area contributed by atoms with E-state index < -0.39 is 5.41 Å². The Morgan fingerprint density at radius 3 is 1.65 bits per heavy atom. The summed E-state index contributed by atoms with van der Waals surface area (Å²) in [5, 5.41) is 4.85. The van der Waals surface area contributed by atoms with Gasteiger partial charge >= 0.3 is 0 Å². The van der Waals surface area contributed by atoms with Gasteiger partial charge in [0.25, 0.3) is 0 Å². The molecule has 1 aromatic heterocycles. The van der Waals surface area contributed by atoms with Crippen LogP contribution >= 0.6 is 11.8 Å². The molecule has 1 spiro atoms. The Balaban J connectivity index is 1.11. The van der Waals surface area contributed by atoms with Crippen molar-refractivity contribution in [3.05, 3.63) is 198 Å². The molecule has 0 saturated heterocycles. The topological polar surface area (TPSA) is 38.7 Å². The second-order valence-corrected chi connectivity index (χ2v) is 14.6. The maximum atomic E-state index is 5.19. The average molecular weight is 680 g/mol. The molecule has 0 saturated carbocycles. The van der Waals surface area contributed by atoms with Gasteiger partial charge in [-0.1, -0.05) is 169 Å². The molecule has 11 rings (SSSR count). The van der Waals surface area contributed by atoms with Gasteiger partial charge in [0, 0.05) is 26.5 Å². The highest BCUT2D eigenvalue weighted by molar-refractivity contribution is 7.99. The van der Waals surface area contributed by atoms with Crippen LogP contribution in [-0.2, 0) is 5.41 Å².